The minimum absolute atomic E-state index is 0.0484. The van der Waals surface area contributed by atoms with E-state index in [1.54, 1.807) is 23.0 Å². The van der Waals surface area contributed by atoms with Crippen molar-refractivity contribution in [3.63, 3.8) is 0 Å². The zero-order chi connectivity index (χ0) is 13.7. The Morgan fingerprint density at radius 2 is 1.37 bits per heavy atom. The molecule has 0 heterocycles. The van der Waals surface area contributed by atoms with E-state index in [-0.39, 0.29) is 24.1 Å². The summed E-state index contributed by atoms with van der Waals surface area (Å²) in [5, 5.41) is 0. The molecule has 0 atom stereocenters. The lowest BCUT2D eigenvalue weighted by Crippen LogP contribution is -2.29. The Morgan fingerprint density at radius 1 is 0.895 bits per heavy atom. The molecule has 2 saturated carbocycles. The first-order chi connectivity index (χ1) is 9.19. The zero-order valence-corrected chi connectivity index (χ0v) is 13.6. The third-order valence-electron chi connectivity index (χ3n) is 4.37. The standard InChI is InChI=1S/C14H23IO4/c1-10-2-6-12(7-3-10)18-19-13-8-4-11(5-9-13)14(16)17-15/h10-13H,2-9H2,1H3. The summed E-state index contributed by atoms with van der Waals surface area (Å²) in [5.41, 5.74) is 0. The van der Waals surface area contributed by atoms with Gasteiger partial charge in [-0.1, -0.05) is 6.92 Å². The lowest BCUT2D eigenvalue weighted by molar-refractivity contribution is -0.359. The molecule has 0 aliphatic heterocycles. The normalized spacial score (nSPS) is 35.9. The van der Waals surface area contributed by atoms with Gasteiger partial charge >= 0.3 is 5.97 Å². The molecule has 2 aliphatic carbocycles. The van der Waals surface area contributed by atoms with Gasteiger partial charge in [-0.05, 0) is 57.3 Å². The molecular formula is C14H23IO4. The number of halogens is 1. The van der Waals surface area contributed by atoms with Gasteiger partial charge in [0.1, 0.15) is 0 Å². The Bertz CT molecular complexity index is 281. The summed E-state index contributed by atoms with van der Waals surface area (Å²) in [4.78, 5) is 22.5. The van der Waals surface area contributed by atoms with Crippen molar-refractivity contribution in [2.45, 2.75) is 70.5 Å². The largest absolute Gasteiger partial charge is 0.394 e. The monoisotopic (exact) mass is 382 g/mol. The summed E-state index contributed by atoms with van der Waals surface area (Å²) in [6.07, 6.45) is 8.58. The van der Waals surface area contributed by atoms with E-state index in [0.717, 1.165) is 44.4 Å². The van der Waals surface area contributed by atoms with Gasteiger partial charge in [-0.3, -0.25) is 4.79 Å². The van der Waals surface area contributed by atoms with Crippen molar-refractivity contribution in [3.8, 4) is 0 Å². The molecule has 0 aromatic rings. The maximum Gasteiger partial charge on any atom is 0.318 e. The fourth-order valence-electron chi connectivity index (χ4n) is 2.94. The average Bonchev–Trinajstić information content (AvgIpc) is 2.46. The second kappa shape index (κ2) is 7.78. The maximum absolute atomic E-state index is 11.4. The van der Waals surface area contributed by atoms with Crippen molar-refractivity contribution in [2.75, 3.05) is 0 Å². The van der Waals surface area contributed by atoms with Crippen molar-refractivity contribution in [1.82, 2.24) is 0 Å². The number of rotatable bonds is 4. The molecule has 19 heavy (non-hydrogen) atoms. The highest BCUT2D eigenvalue weighted by molar-refractivity contribution is 14.1. The van der Waals surface area contributed by atoms with Crippen LogP contribution in [-0.4, -0.2) is 18.2 Å². The third-order valence-corrected chi connectivity index (χ3v) is 4.81. The van der Waals surface area contributed by atoms with Crippen LogP contribution in [0.25, 0.3) is 0 Å². The van der Waals surface area contributed by atoms with E-state index in [4.69, 9.17) is 12.8 Å². The van der Waals surface area contributed by atoms with Crippen molar-refractivity contribution in [2.24, 2.45) is 11.8 Å². The minimum atomic E-state index is -0.0961. The summed E-state index contributed by atoms with van der Waals surface area (Å²) in [7, 11) is 0. The zero-order valence-electron chi connectivity index (χ0n) is 11.5. The molecule has 0 N–H and O–H groups in total. The van der Waals surface area contributed by atoms with Crippen molar-refractivity contribution in [3.05, 3.63) is 0 Å². The molecule has 2 rings (SSSR count). The van der Waals surface area contributed by atoms with Gasteiger partial charge in [0.15, 0.2) is 23.0 Å². The Kier molecular flexibility index (Phi) is 6.35. The second-order valence-corrected chi connectivity index (χ2v) is 6.38. The number of hydrogen-bond acceptors (Lipinski definition) is 4. The lowest BCUT2D eigenvalue weighted by Gasteiger charge is -2.29. The summed E-state index contributed by atoms with van der Waals surface area (Å²) in [5.74, 6) is 0.781. The first-order valence-corrected chi connectivity index (χ1v) is 8.21. The average molecular weight is 382 g/mol. The molecule has 5 heteroatoms. The molecule has 0 aromatic heterocycles. The SMILES string of the molecule is CC1CCC(OOC2CCC(C(=O)OI)CC2)CC1. The fourth-order valence-corrected chi connectivity index (χ4v) is 3.30. The molecule has 0 amide bonds. The van der Waals surface area contributed by atoms with E-state index >= 15 is 0 Å². The molecule has 0 saturated heterocycles. The quantitative estimate of drug-likeness (QED) is 0.419. The topological polar surface area (TPSA) is 44.8 Å². The van der Waals surface area contributed by atoms with Crippen LogP contribution in [0.5, 0.6) is 0 Å². The molecule has 2 fully saturated rings. The van der Waals surface area contributed by atoms with Gasteiger partial charge < -0.3 is 3.07 Å². The molecule has 110 valence electrons. The van der Waals surface area contributed by atoms with Crippen LogP contribution < -0.4 is 0 Å². The first-order valence-electron chi connectivity index (χ1n) is 7.33. The van der Waals surface area contributed by atoms with Gasteiger partial charge in [-0.15, -0.1) is 0 Å². The van der Waals surface area contributed by atoms with Crippen LogP contribution in [-0.2, 0) is 17.6 Å². The Balaban J connectivity index is 1.62. The van der Waals surface area contributed by atoms with E-state index in [1.165, 1.54) is 12.8 Å². The Morgan fingerprint density at radius 3 is 1.84 bits per heavy atom. The van der Waals surface area contributed by atoms with Crippen LogP contribution in [0.15, 0.2) is 0 Å². The second-order valence-electron chi connectivity index (χ2n) is 5.94. The Hall–Kier alpha value is 0.120. The number of hydrogen-bond donors (Lipinski definition) is 0. The van der Waals surface area contributed by atoms with Crippen molar-refractivity contribution >= 4 is 29.0 Å². The number of carbonyl (C=O) groups is 1. The van der Waals surface area contributed by atoms with Crippen LogP contribution >= 0.6 is 23.0 Å². The van der Waals surface area contributed by atoms with E-state index in [9.17, 15) is 4.79 Å². The summed E-state index contributed by atoms with van der Waals surface area (Å²) in [6, 6.07) is 0. The van der Waals surface area contributed by atoms with Gasteiger partial charge in [-0.2, -0.15) is 0 Å². The lowest BCUT2D eigenvalue weighted by atomic mass is 9.87. The number of carbonyl (C=O) groups excluding carboxylic acids is 1. The molecule has 0 spiro atoms. The Labute approximate surface area is 129 Å². The summed E-state index contributed by atoms with van der Waals surface area (Å²) < 4.78 is 4.75. The van der Waals surface area contributed by atoms with Gasteiger partial charge in [0.2, 0.25) is 0 Å². The third kappa shape index (κ3) is 4.86. The van der Waals surface area contributed by atoms with Gasteiger partial charge in [-0.25, -0.2) is 9.78 Å². The van der Waals surface area contributed by atoms with Crippen LogP contribution in [0, 0.1) is 11.8 Å². The van der Waals surface area contributed by atoms with Crippen LogP contribution in [0.2, 0.25) is 0 Å². The van der Waals surface area contributed by atoms with Gasteiger partial charge in [0, 0.05) is 0 Å². The molecule has 4 nitrogen and oxygen atoms in total. The highest BCUT2D eigenvalue weighted by Crippen LogP contribution is 2.30. The van der Waals surface area contributed by atoms with Crippen molar-refractivity contribution in [1.29, 1.82) is 0 Å². The smallest absolute Gasteiger partial charge is 0.318 e. The van der Waals surface area contributed by atoms with E-state index in [1.807, 2.05) is 0 Å². The van der Waals surface area contributed by atoms with Gasteiger partial charge in [0.25, 0.3) is 0 Å². The molecular weight excluding hydrogens is 359 g/mol. The highest BCUT2D eigenvalue weighted by atomic mass is 127. The summed E-state index contributed by atoms with van der Waals surface area (Å²) in [6.45, 7) is 2.30. The van der Waals surface area contributed by atoms with Crippen LogP contribution in [0.3, 0.4) is 0 Å². The first kappa shape index (κ1) is 15.5. The van der Waals surface area contributed by atoms with Crippen LogP contribution in [0.1, 0.15) is 58.3 Å². The highest BCUT2D eigenvalue weighted by Gasteiger charge is 2.29. The molecule has 0 bridgehead atoms. The van der Waals surface area contributed by atoms with Gasteiger partial charge in [0.05, 0.1) is 18.1 Å². The van der Waals surface area contributed by atoms with Crippen molar-refractivity contribution < 1.29 is 17.6 Å². The molecule has 0 aromatic carbocycles. The predicted molar refractivity (Wildman–Crippen MR) is 79.4 cm³/mol. The minimum Gasteiger partial charge on any atom is -0.394 e. The maximum atomic E-state index is 11.4. The van der Waals surface area contributed by atoms with E-state index in [2.05, 4.69) is 6.92 Å². The van der Waals surface area contributed by atoms with E-state index in [0.29, 0.717) is 0 Å². The van der Waals surface area contributed by atoms with E-state index < -0.39 is 0 Å². The van der Waals surface area contributed by atoms with Crippen LogP contribution in [0.4, 0.5) is 0 Å². The predicted octanol–water partition coefficient (Wildman–Crippen LogP) is 3.97. The molecule has 2 aliphatic rings. The molecule has 0 unspecified atom stereocenters. The summed E-state index contributed by atoms with van der Waals surface area (Å²) >= 11 is 1.66. The molecule has 0 radical (unpaired) electrons. The fraction of sp³-hybridized carbons (Fsp3) is 0.929.